The molecule has 7 nitrogen and oxygen atoms in total. The lowest BCUT2D eigenvalue weighted by molar-refractivity contribution is -0.142. The summed E-state index contributed by atoms with van der Waals surface area (Å²) in [5.74, 6) is -1.23. The zero-order chi connectivity index (χ0) is 24.7. The summed E-state index contributed by atoms with van der Waals surface area (Å²) in [6.07, 6.45) is -3.18. The van der Waals surface area contributed by atoms with Crippen molar-refractivity contribution in [3.63, 3.8) is 0 Å². The number of hydrogen-bond acceptors (Lipinski definition) is 6. The van der Waals surface area contributed by atoms with Gasteiger partial charge >= 0.3 is 12.1 Å². The first-order valence-corrected chi connectivity index (χ1v) is 10.3. The van der Waals surface area contributed by atoms with Crippen molar-refractivity contribution < 1.29 is 32.2 Å². The number of methoxy groups -OCH3 is 1. The van der Waals surface area contributed by atoms with Crippen LogP contribution in [-0.4, -0.2) is 42.2 Å². The molecule has 0 N–H and O–H groups in total. The van der Waals surface area contributed by atoms with Gasteiger partial charge in [0.15, 0.2) is 0 Å². The summed E-state index contributed by atoms with van der Waals surface area (Å²) in [7, 11) is 1.23. The van der Waals surface area contributed by atoms with Gasteiger partial charge in [-0.25, -0.2) is 14.9 Å². The van der Waals surface area contributed by atoms with E-state index in [1.807, 2.05) is 0 Å². The van der Waals surface area contributed by atoms with Crippen LogP contribution in [0.1, 0.15) is 12.0 Å². The van der Waals surface area contributed by atoms with Crippen LogP contribution in [0.4, 0.5) is 24.8 Å². The van der Waals surface area contributed by atoms with Gasteiger partial charge in [-0.1, -0.05) is 23.7 Å². The highest BCUT2D eigenvalue weighted by atomic mass is 35.5. The second-order valence-electron chi connectivity index (χ2n) is 6.90. The van der Waals surface area contributed by atoms with Crippen LogP contribution in [0, 0.1) is 0 Å². The van der Waals surface area contributed by atoms with Gasteiger partial charge in [0.05, 0.1) is 37.1 Å². The Labute approximate surface area is 198 Å². The Hall–Kier alpha value is -3.50. The average molecular weight is 494 g/mol. The van der Waals surface area contributed by atoms with Crippen molar-refractivity contribution in [2.24, 2.45) is 0 Å². The Morgan fingerprint density at radius 3 is 2.47 bits per heavy atom. The first-order chi connectivity index (χ1) is 16.2. The SMILES string of the molecule is COC(=O)CCOCC(=O)N(c1ccc(C(F)(F)F)cc1)c1nccc(-c2cccc(Cl)c2)n1. The molecule has 34 heavy (non-hydrogen) atoms. The molecule has 0 bridgehead atoms. The summed E-state index contributed by atoms with van der Waals surface area (Å²) >= 11 is 6.05. The molecular weight excluding hydrogens is 475 g/mol. The van der Waals surface area contributed by atoms with Crippen LogP contribution in [0.2, 0.25) is 5.02 Å². The minimum atomic E-state index is -4.53. The number of alkyl halides is 3. The van der Waals surface area contributed by atoms with Gasteiger partial charge in [0.1, 0.15) is 6.61 Å². The molecule has 0 spiro atoms. The third-order valence-electron chi connectivity index (χ3n) is 4.57. The summed E-state index contributed by atoms with van der Waals surface area (Å²) in [4.78, 5) is 33.8. The van der Waals surface area contributed by atoms with Crippen LogP contribution in [0.15, 0.2) is 60.8 Å². The number of hydrogen-bond donors (Lipinski definition) is 0. The smallest absolute Gasteiger partial charge is 0.416 e. The monoisotopic (exact) mass is 493 g/mol. The molecule has 0 saturated carbocycles. The molecule has 0 fully saturated rings. The van der Waals surface area contributed by atoms with Crippen LogP contribution in [0.25, 0.3) is 11.3 Å². The number of benzene rings is 2. The van der Waals surface area contributed by atoms with E-state index in [9.17, 15) is 22.8 Å². The second kappa shape index (κ2) is 11.1. The Kier molecular flexibility index (Phi) is 8.19. The molecule has 0 unspecified atom stereocenters. The fourth-order valence-electron chi connectivity index (χ4n) is 2.92. The zero-order valence-corrected chi connectivity index (χ0v) is 18.6. The Morgan fingerprint density at radius 2 is 1.82 bits per heavy atom. The van der Waals surface area contributed by atoms with Gasteiger partial charge in [0.25, 0.3) is 5.91 Å². The lowest BCUT2D eigenvalue weighted by Crippen LogP contribution is -2.31. The predicted octanol–water partition coefficient (Wildman–Crippen LogP) is 5.06. The first kappa shape index (κ1) is 25.1. The number of carbonyl (C=O) groups is 2. The summed E-state index contributed by atoms with van der Waals surface area (Å²) < 4.78 is 48.8. The molecule has 0 aliphatic carbocycles. The van der Waals surface area contributed by atoms with E-state index in [0.29, 0.717) is 16.3 Å². The lowest BCUT2D eigenvalue weighted by Gasteiger charge is -2.22. The fraction of sp³-hybridized carbons (Fsp3) is 0.217. The molecule has 1 aromatic heterocycles. The molecule has 11 heteroatoms. The topological polar surface area (TPSA) is 81.6 Å². The molecule has 0 aliphatic rings. The van der Waals surface area contributed by atoms with Gasteiger partial charge in [0, 0.05) is 16.8 Å². The second-order valence-corrected chi connectivity index (χ2v) is 7.34. The molecule has 3 aromatic rings. The highest BCUT2D eigenvalue weighted by Crippen LogP contribution is 2.32. The van der Waals surface area contributed by atoms with Gasteiger partial charge in [-0.05, 0) is 42.5 Å². The molecule has 178 valence electrons. The van der Waals surface area contributed by atoms with E-state index in [2.05, 4.69) is 14.7 Å². The molecule has 0 aliphatic heterocycles. The Morgan fingerprint density at radius 1 is 1.09 bits per heavy atom. The molecule has 1 heterocycles. The van der Waals surface area contributed by atoms with Crippen LogP contribution >= 0.6 is 11.6 Å². The van der Waals surface area contributed by atoms with Crippen molar-refractivity contribution in [3.8, 4) is 11.3 Å². The van der Waals surface area contributed by atoms with Crippen LogP contribution in [-0.2, 0) is 25.2 Å². The van der Waals surface area contributed by atoms with Crippen LogP contribution in [0.3, 0.4) is 0 Å². The zero-order valence-electron chi connectivity index (χ0n) is 17.9. The molecule has 0 radical (unpaired) electrons. The fourth-order valence-corrected chi connectivity index (χ4v) is 3.11. The maximum absolute atomic E-state index is 13.0. The number of rotatable bonds is 8. The van der Waals surface area contributed by atoms with Gasteiger partial charge in [-0.2, -0.15) is 13.2 Å². The standard InChI is InChI=1S/C23H19ClF3N3O4/c1-33-21(32)10-12-34-14-20(31)30(18-7-5-16(6-8-18)23(25,26)27)22-28-11-9-19(29-22)15-3-2-4-17(24)13-15/h2-9,11,13H,10,12,14H2,1H3. The number of nitrogens with zero attached hydrogens (tertiary/aromatic N) is 3. The summed E-state index contributed by atoms with van der Waals surface area (Å²) in [5.41, 5.74) is 0.346. The van der Waals surface area contributed by atoms with E-state index in [1.54, 1.807) is 30.3 Å². The van der Waals surface area contributed by atoms with Crippen molar-refractivity contribution in [2.45, 2.75) is 12.6 Å². The van der Waals surface area contributed by atoms with Crippen molar-refractivity contribution in [1.82, 2.24) is 9.97 Å². The number of carbonyl (C=O) groups excluding carboxylic acids is 2. The third kappa shape index (κ3) is 6.52. The van der Waals surface area contributed by atoms with Gasteiger partial charge in [-0.15, -0.1) is 0 Å². The molecule has 0 atom stereocenters. The van der Waals surface area contributed by atoms with Crippen LogP contribution < -0.4 is 4.90 Å². The molecule has 2 aromatic carbocycles. The maximum Gasteiger partial charge on any atom is 0.416 e. The quantitative estimate of drug-likeness (QED) is 0.322. The number of ether oxygens (including phenoxy) is 2. The maximum atomic E-state index is 13.0. The van der Waals surface area contributed by atoms with E-state index in [-0.39, 0.29) is 24.7 Å². The molecule has 3 rings (SSSR count). The molecule has 1 amide bonds. The number of amides is 1. The van der Waals surface area contributed by atoms with Crippen molar-refractivity contribution in [3.05, 3.63) is 71.4 Å². The highest BCUT2D eigenvalue weighted by molar-refractivity contribution is 6.30. The number of halogens is 4. The van der Waals surface area contributed by atoms with Crippen molar-refractivity contribution >= 4 is 35.1 Å². The Balaban J connectivity index is 1.92. The van der Waals surface area contributed by atoms with Gasteiger partial charge in [-0.3, -0.25) is 9.59 Å². The van der Waals surface area contributed by atoms with E-state index >= 15 is 0 Å². The van der Waals surface area contributed by atoms with Crippen molar-refractivity contribution in [2.75, 3.05) is 25.2 Å². The molecule has 0 saturated heterocycles. The normalized spacial score (nSPS) is 11.2. The summed E-state index contributed by atoms with van der Waals surface area (Å²) in [6, 6.07) is 12.5. The predicted molar refractivity (Wildman–Crippen MR) is 119 cm³/mol. The minimum Gasteiger partial charge on any atom is -0.469 e. The van der Waals surface area contributed by atoms with Gasteiger partial charge < -0.3 is 9.47 Å². The van der Waals surface area contributed by atoms with Gasteiger partial charge in [0.2, 0.25) is 5.95 Å². The van der Waals surface area contributed by atoms with E-state index in [1.165, 1.54) is 13.3 Å². The van der Waals surface area contributed by atoms with E-state index < -0.39 is 30.2 Å². The third-order valence-corrected chi connectivity index (χ3v) is 4.80. The lowest BCUT2D eigenvalue weighted by atomic mass is 10.1. The summed E-state index contributed by atoms with van der Waals surface area (Å²) in [6.45, 7) is -0.550. The molecular formula is C23H19ClF3N3O4. The number of esters is 1. The van der Waals surface area contributed by atoms with Crippen LogP contribution in [0.5, 0.6) is 0 Å². The summed E-state index contributed by atoms with van der Waals surface area (Å²) in [5, 5.41) is 0.479. The first-order valence-electron chi connectivity index (χ1n) is 9.93. The number of aromatic nitrogens is 2. The number of anilines is 2. The highest BCUT2D eigenvalue weighted by Gasteiger charge is 2.31. The average Bonchev–Trinajstić information content (AvgIpc) is 2.82. The Bertz CT molecular complexity index is 1160. The van der Waals surface area contributed by atoms with E-state index in [4.69, 9.17) is 16.3 Å². The van der Waals surface area contributed by atoms with Crippen molar-refractivity contribution in [1.29, 1.82) is 0 Å². The largest absolute Gasteiger partial charge is 0.469 e. The minimum absolute atomic E-state index is 0.0647. The van der Waals surface area contributed by atoms with E-state index in [0.717, 1.165) is 29.2 Å².